The molecule has 100 valence electrons. The van der Waals surface area contributed by atoms with Gasteiger partial charge in [0.15, 0.2) is 5.82 Å². The van der Waals surface area contributed by atoms with Gasteiger partial charge in [-0.15, -0.1) is 0 Å². The topological polar surface area (TPSA) is 38.4 Å². The van der Waals surface area contributed by atoms with E-state index in [0.29, 0.717) is 12.1 Å². The predicted octanol–water partition coefficient (Wildman–Crippen LogP) is 2.17. The summed E-state index contributed by atoms with van der Waals surface area (Å²) in [4.78, 5) is 13.8. The van der Waals surface area contributed by atoms with Crippen LogP contribution in [0.1, 0.15) is 18.4 Å². The van der Waals surface area contributed by atoms with E-state index in [0.717, 1.165) is 25.9 Å². The van der Waals surface area contributed by atoms with Crippen molar-refractivity contribution >= 4 is 0 Å². The second kappa shape index (κ2) is 5.01. The van der Waals surface area contributed by atoms with Crippen molar-refractivity contribution < 1.29 is 8.81 Å². The van der Waals surface area contributed by atoms with Crippen molar-refractivity contribution in [2.45, 2.75) is 19.4 Å². The first kappa shape index (κ1) is 12.2. The average Bonchev–Trinajstić information content (AvgIpc) is 3.03. The Hall–Kier alpha value is -1.88. The molecule has 0 spiro atoms. The summed E-state index contributed by atoms with van der Waals surface area (Å²) in [6.45, 7) is 2.52. The average molecular weight is 262 g/mol. The van der Waals surface area contributed by atoms with Crippen LogP contribution >= 0.6 is 0 Å². The van der Waals surface area contributed by atoms with Gasteiger partial charge in [0.25, 0.3) is 5.56 Å². The van der Waals surface area contributed by atoms with Gasteiger partial charge in [-0.25, -0.2) is 4.39 Å². The van der Waals surface area contributed by atoms with Crippen LogP contribution in [0.2, 0.25) is 0 Å². The maximum atomic E-state index is 14.3. The highest BCUT2D eigenvalue weighted by Crippen LogP contribution is 2.21. The maximum Gasteiger partial charge on any atom is 0.257 e. The molecule has 1 aliphatic rings. The summed E-state index contributed by atoms with van der Waals surface area (Å²) in [6, 6.07) is 4.66. The first-order chi connectivity index (χ1) is 9.25. The number of aromatic nitrogens is 1. The van der Waals surface area contributed by atoms with Gasteiger partial charge < -0.3 is 4.42 Å². The summed E-state index contributed by atoms with van der Waals surface area (Å²) in [7, 11) is 0. The fourth-order valence-electron chi connectivity index (χ4n) is 2.41. The Morgan fingerprint density at radius 3 is 2.79 bits per heavy atom. The lowest BCUT2D eigenvalue weighted by atomic mass is 10.3. The van der Waals surface area contributed by atoms with E-state index in [4.69, 9.17) is 4.42 Å². The summed E-state index contributed by atoms with van der Waals surface area (Å²) in [5, 5.41) is 0. The summed E-state index contributed by atoms with van der Waals surface area (Å²) in [5.74, 6) is -0.472. The number of rotatable bonds is 3. The second-order valence-corrected chi connectivity index (χ2v) is 4.77. The van der Waals surface area contributed by atoms with Gasteiger partial charge >= 0.3 is 0 Å². The fraction of sp³-hybridized carbons (Fsp3) is 0.357. The molecule has 1 fully saturated rings. The number of furan rings is 1. The van der Waals surface area contributed by atoms with Gasteiger partial charge in [-0.1, -0.05) is 6.07 Å². The quantitative estimate of drug-likeness (QED) is 0.850. The van der Waals surface area contributed by atoms with Crippen LogP contribution in [0.5, 0.6) is 0 Å². The highest BCUT2D eigenvalue weighted by Gasteiger charge is 2.19. The second-order valence-electron chi connectivity index (χ2n) is 4.77. The standard InChI is InChI=1S/C14H15FN2O2/c15-13-11(9-16-6-3-4-7-16)10-19-14(13)17-8-2-1-5-12(17)18/h1-2,5,8,10H,3-4,6-7,9H2. The third-order valence-corrected chi connectivity index (χ3v) is 3.42. The van der Waals surface area contributed by atoms with Crippen molar-refractivity contribution in [3.8, 4) is 5.88 Å². The van der Waals surface area contributed by atoms with Crippen molar-refractivity contribution in [1.82, 2.24) is 9.47 Å². The number of pyridine rings is 1. The third kappa shape index (κ3) is 2.33. The first-order valence-electron chi connectivity index (χ1n) is 6.42. The normalized spacial score (nSPS) is 16.1. The monoisotopic (exact) mass is 262 g/mol. The van der Waals surface area contributed by atoms with Crippen molar-refractivity contribution in [2.75, 3.05) is 13.1 Å². The lowest BCUT2D eigenvalue weighted by molar-refractivity contribution is 0.325. The summed E-state index contributed by atoms with van der Waals surface area (Å²) in [5.41, 5.74) is 0.205. The largest absolute Gasteiger partial charge is 0.445 e. The molecule has 3 rings (SSSR count). The smallest absolute Gasteiger partial charge is 0.257 e. The van der Waals surface area contributed by atoms with Gasteiger partial charge in [0.2, 0.25) is 5.88 Å². The van der Waals surface area contributed by atoms with Crippen LogP contribution in [0.25, 0.3) is 5.88 Å². The molecule has 5 heteroatoms. The Morgan fingerprint density at radius 2 is 2.05 bits per heavy atom. The van der Waals surface area contributed by atoms with E-state index >= 15 is 0 Å². The molecule has 2 aromatic heterocycles. The van der Waals surface area contributed by atoms with Crippen LogP contribution in [-0.2, 0) is 6.54 Å². The minimum atomic E-state index is -0.444. The highest BCUT2D eigenvalue weighted by atomic mass is 19.1. The van der Waals surface area contributed by atoms with Crippen LogP contribution < -0.4 is 5.56 Å². The molecule has 1 saturated heterocycles. The SMILES string of the molecule is O=c1ccccn1-c1occ(CN2CCCC2)c1F. The molecule has 0 aliphatic carbocycles. The van der Waals surface area contributed by atoms with Gasteiger partial charge in [-0.05, 0) is 32.0 Å². The molecule has 3 heterocycles. The molecule has 0 atom stereocenters. The molecule has 0 aromatic carbocycles. The zero-order chi connectivity index (χ0) is 13.2. The van der Waals surface area contributed by atoms with E-state index in [9.17, 15) is 9.18 Å². The minimum Gasteiger partial charge on any atom is -0.445 e. The highest BCUT2D eigenvalue weighted by molar-refractivity contribution is 5.28. The van der Waals surface area contributed by atoms with E-state index in [-0.39, 0.29) is 11.4 Å². The van der Waals surface area contributed by atoms with E-state index in [1.54, 1.807) is 12.1 Å². The number of likely N-dealkylation sites (tertiary alicyclic amines) is 1. The van der Waals surface area contributed by atoms with E-state index in [2.05, 4.69) is 4.90 Å². The molecule has 1 aliphatic heterocycles. The zero-order valence-corrected chi connectivity index (χ0v) is 10.5. The van der Waals surface area contributed by atoms with Crippen LogP contribution in [0, 0.1) is 5.82 Å². The molecule has 0 N–H and O–H groups in total. The van der Waals surface area contributed by atoms with Crippen LogP contribution in [0.4, 0.5) is 4.39 Å². The Kier molecular flexibility index (Phi) is 3.21. The zero-order valence-electron chi connectivity index (χ0n) is 10.5. The van der Waals surface area contributed by atoms with Crippen molar-refractivity contribution in [3.63, 3.8) is 0 Å². The Balaban J connectivity index is 1.90. The van der Waals surface area contributed by atoms with Crippen LogP contribution in [-0.4, -0.2) is 22.6 Å². The van der Waals surface area contributed by atoms with Gasteiger partial charge in [0.05, 0.1) is 0 Å². The lowest BCUT2D eigenvalue weighted by Crippen LogP contribution is -2.19. The maximum absolute atomic E-state index is 14.3. The number of nitrogens with zero attached hydrogens (tertiary/aromatic N) is 2. The summed E-state index contributed by atoms with van der Waals surface area (Å²) < 4.78 is 20.7. The van der Waals surface area contributed by atoms with Crippen molar-refractivity contribution in [2.24, 2.45) is 0 Å². The summed E-state index contributed by atoms with van der Waals surface area (Å²) >= 11 is 0. The van der Waals surface area contributed by atoms with Crippen molar-refractivity contribution in [1.29, 1.82) is 0 Å². The number of hydrogen-bond acceptors (Lipinski definition) is 3. The molecule has 0 bridgehead atoms. The number of halogens is 1. The van der Waals surface area contributed by atoms with Gasteiger partial charge in [0, 0.05) is 24.4 Å². The lowest BCUT2D eigenvalue weighted by Gasteiger charge is -2.12. The fourth-order valence-corrected chi connectivity index (χ4v) is 2.41. The first-order valence-corrected chi connectivity index (χ1v) is 6.42. The van der Waals surface area contributed by atoms with E-state index in [1.165, 1.54) is 23.1 Å². The van der Waals surface area contributed by atoms with Gasteiger partial charge in [-0.2, -0.15) is 0 Å². The molecule has 4 nitrogen and oxygen atoms in total. The molecular weight excluding hydrogens is 247 g/mol. The van der Waals surface area contributed by atoms with Gasteiger partial charge in [-0.3, -0.25) is 14.3 Å². The Morgan fingerprint density at radius 1 is 1.26 bits per heavy atom. The number of hydrogen-bond donors (Lipinski definition) is 0. The predicted molar refractivity (Wildman–Crippen MR) is 68.8 cm³/mol. The molecular formula is C14H15FN2O2. The van der Waals surface area contributed by atoms with Crippen molar-refractivity contribution in [3.05, 3.63) is 52.4 Å². The van der Waals surface area contributed by atoms with Gasteiger partial charge in [0.1, 0.15) is 6.26 Å². The molecule has 0 radical (unpaired) electrons. The Bertz CT molecular complexity index is 626. The summed E-state index contributed by atoms with van der Waals surface area (Å²) in [6.07, 6.45) is 5.22. The molecule has 2 aromatic rings. The molecule has 19 heavy (non-hydrogen) atoms. The molecule has 0 amide bonds. The molecule has 0 unspecified atom stereocenters. The van der Waals surface area contributed by atoms with E-state index in [1.807, 2.05) is 0 Å². The molecule has 0 saturated carbocycles. The van der Waals surface area contributed by atoms with Crippen LogP contribution in [0.15, 0.2) is 39.9 Å². The minimum absolute atomic E-state index is 0.0280. The Labute approximate surface area is 110 Å². The van der Waals surface area contributed by atoms with Crippen LogP contribution in [0.3, 0.4) is 0 Å². The third-order valence-electron chi connectivity index (χ3n) is 3.42. The van der Waals surface area contributed by atoms with E-state index < -0.39 is 5.82 Å².